The fraction of sp³-hybridized carbons (Fsp3) is 0.909. The van der Waals surface area contributed by atoms with Gasteiger partial charge >= 0.3 is 112 Å². The van der Waals surface area contributed by atoms with Crippen LogP contribution in [0.15, 0.2) is 0 Å². The predicted molar refractivity (Wildman–Crippen MR) is 71.4 cm³/mol. The van der Waals surface area contributed by atoms with Crippen LogP contribution >= 0.6 is 10.2 Å². The third kappa shape index (κ3) is 4.79. The fourth-order valence-corrected chi connectivity index (χ4v) is 6.32. The van der Waals surface area contributed by atoms with Crippen LogP contribution in [0, 0.1) is 0 Å². The molecule has 0 aliphatic carbocycles. The average Bonchev–Trinajstić information content (AvgIpc) is 2.41. The second-order valence-corrected chi connectivity index (χ2v) is 8.84. The third-order valence-electron chi connectivity index (χ3n) is 3.04. The summed E-state index contributed by atoms with van der Waals surface area (Å²) in [5.74, 6) is 1.56. The average molecular weight is 323 g/mol. The van der Waals surface area contributed by atoms with E-state index in [0.29, 0.717) is 25.7 Å². The maximum atomic E-state index is 11.9. The topological polar surface area (TPSA) is 41.6 Å². The summed E-state index contributed by atoms with van der Waals surface area (Å²) in [4.78, 5) is 13.8. The van der Waals surface area contributed by atoms with Crippen molar-refractivity contribution < 1.29 is 9.53 Å². The first-order valence-corrected chi connectivity index (χ1v) is 10.4. The van der Waals surface area contributed by atoms with Crippen molar-refractivity contribution in [1.29, 1.82) is 0 Å². The zero-order chi connectivity index (χ0) is 11.9. The van der Waals surface area contributed by atoms with Crippen molar-refractivity contribution in [1.82, 2.24) is 10.2 Å². The minimum atomic E-state index is 0.275. The number of ether oxygens (including phenoxy) is 1. The zero-order valence-corrected chi connectivity index (χ0v) is 12.6. The van der Waals surface area contributed by atoms with E-state index in [1.807, 2.05) is 4.90 Å². The summed E-state index contributed by atoms with van der Waals surface area (Å²) >= 11 is 0.754. The van der Waals surface area contributed by atoms with Gasteiger partial charge in [-0.3, -0.25) is 0 Å². The Morgan fingerprint density at radius 3 is 3.00 bits per heavy atom. The molecule has 2 aliphatic heterocycles. The molecule has 17 heavy (non-hydrogen) atoms. The summed E-state index contributed by atoms with van der Waals surface area (Å²) in [5.41, 5.74) is 0. The second kappa shape index (κ2) is 7.64. The number of nitrogens with zero attached hydrogens (tertiary/aromatic N) is 1. The van der Waals surface area contributed by atoms with Crippen molar-refractivity contribution in [2.75, 3.05) is 38.6 Å². The molecule has 1 amide bonds. The predicted octanol–water partition coefficient (Wildman–Crippen LogP) is 0.368. The summed E-state index contributed by atoms with van der Waals surface area (Å²) in [6, 6.07) is 0.661. The molecule has 0 radical (unpaired) electrons. The van der Waals surface area contributed by atoms with E-state index >= 15 is 0 Å². The van der Waals surface area contributed by atoms with Gasteiger partial charge in [0.15, 0.2) is 0 Å². The number of amides is 1. The Morgan fingerprint density at radius 2 is 2.29 bits per heavy atom. The van der Waals surface area contributed by atoms with Crippen LogP contribution in [0.3, 0.4) is 0 Å². The number of carbonyl (C=O) groups excluding carboxylic acids is 1. The molecule has 1 unspecified atom stereocenters. The van der Waals surface area contributed by atoms with Gasteiger partial charge in [-0.05, 0) is 0 Å². The van der Waals surface area contributed by atoms with Crippen LogP contribution in [0.1, 0.15) is 12.8 Å². The van der Waals surface area contributed by atoms with Gasteiger partial charge in [0.1, 0.15) is 0 Å². The molecule has 2 rings (SSSR count). The van der Waals surface area contributed by atoms with Gasteiger partial charge in [-0.2, -0.15) is 0 Å². The van der Waals surface area contributed by atoms with Crippen molar-refractivity contribution in [2.45, 2.75) is 24.2 Å². The molecule has 4 nitrogen and oxygen atoms in total. The molecule has 0 aromatic heterocycles. The van der Waals surface area contributed by atoms with E-state index in [-0.39, 0.29) is 5.91 Å². The van der Waals surface area contributed by atoms with E-state index in [1.165, 1.54) is 17.5 Å². The number of hydrogen-bond acceptors (Lipinski definition) is 4. The molecule has 0 aromatic rings. The molecule has 2 aliphatic rings. The zero-order valence-electron chi connectivity index (χ0n) is 10.0. The Bertz CT molecular complexity index is 244. The van der Waals surface area contributed by atoms with E-state index in [0.717, 1.165) is 33.5 Å². The van der Waals surface area contributed by atoms with E-state index in [2.05, 4.69) is 15.5 Å². The first-order valence-electron chi connectivity index (χ1n) is 6.19. The molecule has 1 N–H and O–H groups in total. The van der Waals surface area contributed by atoms with Crippen LogP contribution in [0.2, 0.25) is 5.32 Å². The van der Waals surface area contributed by atoms with Crippen LogP contribution in [-0.2, 0) is 9.53 Å². The van der Waals surface area contributed by atoms with Crippen LogP contribution in [-0.4, -0.2) is 69.3 Å². The van der Waals surface area contributed by atoms with Crippen LogP contribution in [0.4, 0.5) is 0 Å². The standard InChI is InChI=1S/C11H20N2O2SSe/c14-11(13-4-6-15-7-5-13)1-3-12-10-2-8-16-17-9-10/h10,12H,1-9H2. The Morgan fingerprint density at radius 1 is 1.47 bits per heavy atom. The summed E-state index contributed by atoms with van der Waals surface area (Å²) < 4.78 is 5.24. The summed E-state index contributed by atoms with van der Waals surface area (Å²) in [5, 5.41) is 4.82. The van der Waals surface area contributed by atoms with Crippen LogP contribution in [0.5, 0.6) is 0 Å². The Kier molecular flexibility index (Phi) is 6.15. The molecular weight excluding hydrogens is 303 g/mol. The maximum absolute atomic E-state index is 11.9. The molecule has 0 saturated carbocycles. The van der Waals surface area contributed by atoms with Gasteiger partial charge in [-0.1, -0.05) is 0 Å². The van der Waals surface area contributed by atoms with E-state index < -0.39 is 0 Å². The first kappa shape index (κ1) is 13.7. The molecule has 1 atom stereocenters. The van der Waals surface area contributed by atoms with Gasteiger partial charge < -0.3 is 0 Å². The van der Waals surface area contributed by atoms with E-state index in [9.17, 15) is 4.79 Å². The molecule has 0 spiro atoms. The van der Waals surface area contributed by atoms with Gasteiger partial charge in [0.05, 0.1) is 0 Å². The number of nitrogens with one attached hydrogen (secondary N) is 1. The minimum absolute atomic E-state index is 0.275. The van der Waals surface area contributed by atoms with E-state index in [1.54, 1.807) is 0 Å². The monoisotopic (exact) mass is 324 g/mol. The molecule has 6 heteroatoms. The summed E-state index contributed by atoms with van der Waals surface area (Å²) in [7, 11) is 2.09. The van der Waals surface area contributed by atoms with E-state index in [4.69, 9.17) is 4.74 Å². The van der Waals surface area contributed by atoms with Crippen molar-refractivity contribution in [3.8, 4) is 0 Å². The summed E-state index contributed by atoms with van der Waals surface area (Å²) in [6.07, 6.45) is 1.90. The number of morpholine rings is 1. The molecule has 2 saturated heterocycles. The van der Waals surface area contributed by atoms with Crippen LogP contribution in [0.25, 0.3) is 0 Å². The third-order valence-corrected chi connectivity index (χ3v) is 7.54. The van der Waals surface area contributed by atoms with Crippen molar-refractivity contribution in [3.05, 3.63) is 0 Å². The molecule has 98 valence electrons. The van der Waals surface area contributed by atoms with Crippen molar-refractivity contribution in [3.63, 3.8) is 0 Å². The van der Waals surface area contributed by atoms with Crippen molar-refractivity contribution in [2.24, 2.45) is 0 Å². The van der Waals surface area contributed by atoms with Gasteiger partial charge in [0.25, 0.3) is 0 Å². The summed E-state index contributed by atoms with van der Waals surface area (Å²) in [6.45, 7) is 3.76. The molecule has 0 aromatic carbocycles. The first-order chi connectivity index (χ1) is 8.36. The molecule has 2 heterocycles. The normalized spacial score (nSPS) is 25.9. The fourth-order valence-electron chi connectivity index (χ4n) is 1.98. The van der Waals surface area contributed by atoms with Gasteiger partial charge in [0.2, 0.25) is 0 Å². The number of hydrogen-bond donors (Lipinski definition) is 1. The molecule has 2 fully saturated rings. The van der Waals surface area contributed by atoms with Gasteiger partial charge in [0, 0.05) is 0 Å². The molecular formula is C11H20N2O2SSe. The second-order valence-electron chi connectivity index (χ2n) is 4.29. The van der Waals surface area contributed by atoms with Crippen molar-refractivity contribution >= 4 is 29.9 Å². The molecule has 0 bridgehead atoms. The Labute approximate surface area is 112 Å². The number of rotatable bonds is 4. The SMILES string of the molecule is O=C(CCNC1CCS[Se]C1)N1CCOCC1. The Balaban J connectivity index is 1.58. The number of carbonyl (C=O) groups is 1. The van der Waals surface area contributed by atoms with Gasteiger partial charge in [-0.15, -0.1) is 0 Å². The Hall–Kier alpha value is 0.259. The van der Waals surface area contributed by atoms with Crippen LogP contribution < -0.4 is 5.32 Å². The quantitative estimate of drug-likeness (QED) is 0.759. The van der Waals surface area contributed by atoms with Gasteiger partial charge in [-0.25, -0.2) is 0 Å².